The highest BCUT2D eigenvalue weighted by atomic mass is 16.2. The van der Waals surface area contributed by atoms with E-state index in [1.807, 2.05) is 23.1 Å². The van der Waals surface area contributed by atoms with Gasteiger partial charge in [0.15, 0.2) is 0 Å². The number of nitrogens with zero attached hydrogens (tertiary/aromatic N) is 1. The van der Waals surface area contributed by atoms with Gasteiger partial charge in [-0.25, -0.2) is 0 Å². The van der Waals surface area contributed by atoms with Crippen LogP contribution in [0.4, 0.5) is 0 Å². The molecule has 0 radical (unpaired) electrons. The van der Waals surface area contributed by atoms with E-state index in [4.69, 9.17) is 5.73 Å². The molecule has 2 N–H and O–H groups in total. The van der Waals surface area contributed by atoms with Crippen molar-refractivity contribution >= 4 is 5.91 Å². The Labute approximate surface area is 139 Å². The highest BCUT2D eigenvalue weighted by Gasteiger charge is 2.13. The van der Waals surface area contributed by atoms with E-state index >= 15 is 0 Å². The molecule has 3 nitrogen and oxygen atoms in total. The topological polar surface area (TPSA) is 46.3 Å². The maximum atomic E-state index is 12.5. The van der Waals surface area contributed by atoms with Gasteiger partial charge in [-0.3, -0.25) is 4.79 Å². The fraction of sp³-hybridized carbons (Fsp3) is 0.350. The Morgan fingerprint density at radius 3 is 2.17 bits per heavy atom. The fourth-order valence-corrected chi connectivity index (χ4v) is 2.61. The van der Waals surface area contributed by atoms with Gasteiger partial charge in [-0.2, -0.15) is 0 Å². The van der Waals surface area contributed by atoms with E-state index in [-0.39, 0.29) is 5.91 Å². The number of rotatable bonds is 8. The molecule has 0 spiro atoms. The third-order valence-electron chi connectivity index (χ3n) is 4.05. The first-order chi connectivity index (χ1) is 11.2. The summed E-state index contributed by atoms with van der Waals surface area (Å²) in [5.41, 5.74) is 9.28. The van der Waals surface area contributed by atoms with Crippen molar-refractivity contribution in [1.82, 2.24) is 4.90 Å². The number of carbonyl (C=O) groups excluding carboxylic acids is 1. The monoisotopic (exact) mass is 310 g/mol. The number of aryl methyl sites for hydroxylation is 1. The average molecular weight is 310 g/mol. The lowest BCUT2D eigenvalue weighted by Crippen LogP contribution is -2.37. The Hall–Kier alpha value is -2.13. The van der Waals surface area contributed by atoms with E-state index in [2.05, 4.69) is 43.3 Å². The number of amides is 1. The predicted octanol–water partition coefficient (Wildman–Crippen LogP) is 2.82. The van der Waals surface area contributed by atoms with Crippen molar-refractivity contribution in [3.05, 3.63) is 71.3 Å². The van der Waals surface area contributed by atoms with Crippen molar-refractivity contribution in [3.63, 3.8) is 0 Å². The van der Waals surface area contributed by atoms with Crippen molar-refractivity contribution in [2.24, 2.45) is 5.73 Å². The summed E-state index contributed by atoms with van der Waals surface area (Å²) in [5, 5.41) is 0. The molecule has 2 aromatic rings. The zero-order chi connectivity index (χ0) is 16.5. The van der Waals surface area contributed by atoms with Crippen LogP contribution in [0.2, 0.25) is 0 Å². The van der Waals surface area contributed by atoms with Crippen LogP contribution in [0.5, 0.6) is 0 Å². The molecular formula is C20H26N2O. The summed E-state index contributed by atoms with van der Waals surface area (Å²) in [6.45, 7) is 3.95. The number of carbonyl (C=O) groups is 1. The van der Waals surface area contributed by atoms with E-state index in [1.54, 1.807) is 0 Å². The SMILES string of the molecule is CCc1ccc(CC(=O)N(CCN)CCc2ccccc2)cc1. The first-order valence-corrected chi connectivity index (χ1v) is 8.32. The highest BCUT2D eigenvalue weighted by molar-refractivity contribution is 5.78. The van der Waals surface area contributed by atoms with Crippen LogP contribution in [0.15, 0.2) is 54.6 Å². The normalized spacial score (nSPS) is 10.5. The van der Waals surface area contributed by atoms with Gasteiger partial charge in [0.1, 0.15) is 0 Å². The number of benzene rings is 2. The van der Waals surface area contributed by atoms with Crippen molar-refractivity contribution in [1.29, 1.82) is 0 Å². The molecule has 0 fully saturated rings. The lowest BCUT2D eigenvalue weighted by atomic mass is 10.1. The summed E-state index contributed by atoms with van der Waals surface area (Å²) in [5.74, 6) is 0.149. The van der Waals surface area contributed by atoms with E-state index in [0.717, 1.165) is 18.4 Å². The Morgan fingerprint density at radius 1 is 0.913 bits per heavy atom. The summed E-state index contributed by atoms with van der Waals surface area (Å²) in [7, 11) is 0. The number of hydrogen-bond acceptors (Lipinski definition) is 2. The van der Waals surface area contributed by atoms with Gasteiger partial charge in [-0.05, 0) is 29.5 Å². The molecule has 0 saturated carbocycles. The molecule has 122 valence electrons. The van der Waals surface area contributed by atoms with Gasteiger partial charge in [0.2, 0.25) is 5.91 Å². The van der Waals surface area contributed by atoms with Gasteiger partial charge in [0.05, 0.1) is 6.42 Å². The largest absolute Gasteiger partial charge is 0.341 e. The van der Waals surface area contributed by atoms with Crippen molar-refractivity contribution in [2.75, 3.05) is 19.6 Å². The second-order valence-electron chi connectivity index (χ2n) is 5.75. The van der Waals surface area contributed by atoms with Gasteiger partial charge < -0.3 is 10.6 Å². The van der Waals surface area contributed by atoms with E-state index in [0.29, 0.717) is 26.1 Å². The predicted molar refractivity (Wildman–Crippen MR) is 95.3 cm³/mol. The van der Waals surface area contributed by atoms with Crippen LogP contribution in [-0.2, 0) is 24.1 Å². The third-order valence-corrected chi connectivity index (χ3v) is 4.05. The Bertz CT molecular complexity index is 593. The molecule has 0 heterocycles. The molecule has 0 aliphatic carbocycles. The van der Waals surface area contributed by atoms with Crippen molar-refractivity contribution < 1.29 is 4.79 Å². The van der Waals surface area contributed by atoms with Gasteiger partial charge in [-0.15, -0.1) is 0 Å². The van der Waals surface area contributed by atoms with Gasteiger partial charge >= 0.3 is 0 Å². The molecule has 23 heavy (non-hydrogen) atoms. The molecule has 0 unspecified atom stereocenters. The van der Waals surface area contributed by atoms with Gasteiger partial charge in [0.25, 0.3) is 0 Å². The van der Waals surface area contributed by atoms with Gasteiger partial charge in [0, 0.05) is 19.6 Å². The molecule has 1 amide bonds. The second kappa shape index (κ2) is 9.11. The summed E-state index contributed by atoms with van der Waals surface area (Å²) in [6, 6.07) is 18.5. The Kier molecular flexibility index (Phi) is 6.82. The van der Waals surface area contributed by atoms with Crippen molar-refractivity contribution in [2.45, 2.75) is 26.2 Å². The molecule has 0 saturated heterocycles. The first-order valence-electron chi connectivity index (χ1n) is 8.32. The minimum absolute atomic E-state index is 0.149. The van der Waals surface area contributed by atoms with Crippen LogP contribution >= 0.6 is 0 Å². The minimum atomic E-state index is 0.149. The lowest BCUT2D eigenvalue weighted by Gasteiger charge is -2.22. The zero-order valence-corrected chi connectivity index (χ0v) is 13.9. The third kappa shape index (κ3) is 5.53. The smallest absolute Gasteiger partial charge is 0.227 e. The highest BCUT2D eigenvalue weighted by Crippen LogP contribution is 2.08. The molecule has 3 heteroatoms. The molecule has 0 bridgehead atoms. The molecule has 2 rings (SSSR count). The van der Waals surface area contributed by atoms with E-state index in [9.17, 15) is 4.79 Å². The summed E-state index contributed by atoms with van der Waals surface area (Å²) in [6.07, 6.45) is 2.32. The Morgan fingerprint density at radius 2 is 1.57 bits per heavy atom. The molecule has 0 atom stereocenters. The van der Waals surface area contributed by atoms with E-state index in [1.165, 1.54) is 11.1 Å². The van der Waals surface area contributed by atoms with Crippen molar-refractivity contribution in [3.8, 4) is 0 Å². The van der Waals surface area contributed by atoms with E-state index < -0.39 is 0 Å². The Balaban J connectivity index is 1.94. The zero-order valence-electron chi connectivity index (χ0n) is 13.9. The minimum Gasteiger partial charge on any atom is -0.341 e. The van der Waals surface area contributed by atoms with Crippen LogP contribution in [0.3, 0.4) is 0 Å². The quantitative estimate of drug-likeness (QED) is 0.815. The van der Waals surface area contributed by atoms with Gasteiger partial charge in [-0.1, -0.05) is 61.5 Å². The summed E-state index contributed by atoms with van der Waals surface area (Å²) < 4.78 is 0. The maximum Gasteiger partial charge on any atom is 0.227 e. The van der Waals surface area contributed by atoms with Crippen LogP contribution in [0.25, 0.3) is 0 Å². The number of nitrogens with two attached hydrogens (primary N) is 1. The molecular weight excluding hydrogens is 284 g/mol. The van der Waals surface area contributed by atoms with Crippen LogP contribution in [0, 0.1) is 0 Å². The summed E-state index contributed by atoms with van der Waals surface area (Å²) in [4.78, 5) is 14.4. The summed E-state index contributed by atoms with van der Waals surface area (Å²) >= 11 is 0. The first kappa shape index (κ1) is 17.2. The standard InChI is InChI=1S/C20H26N2O/c1-2-17-8-10-19(11-9-17)16-20(23)22(15-13-21)14-12-18-6-4-3-5-7-18/h3-11H,2,12-16,21H2,1H3. The van der Waals surface area contributed by atoms with Crippen LogP contribution < -0.4 is 5.73 Å². The maximum absolute atomic E-state index is 12.5. The average Bonchev–Trinajstić information content (AvgIpc) is 2.60. The van der Waals surface area contributed by atoms with Crippen LogP contribution in [0.1, 0.15) is 23.6 Å². The molecule has 0 aliphatic rings. The second-order valence-corrected chi connectivity index (χ2v) is 5.75. The molecule has 2 aromatic carbocycles. The van der Waals surface area contributed by atoms with Crippen LogP contribution in [-0.4, -0.2) is 30.4 Å². The lowest BCUT2D eigenvalue weighted by molar-refractivity contribution is -0.130. The molecule has 0 aliphatic heterocycles. The molecule has 0 aromatic heterocycles. The number of hydrogen-bond donors (Lipinski definition) is 1. The fourth-order valence-electron chi connectivity index (χ4n) is 2.61.